The van der Waals surface area contributed by atoms with Crippen LogP contribution >= 0.6 is 11.3 Å². The number of allylic oxidation sites excluding steroid dienone is 2. The Hall–Kier alpha value is -3.66. The van der Waals surface area contributed by atoms with Crippen LogP contribution in [0, 0.1) is 11.8 Å². The Morgan fingerprint density at radius 3 is 2.53 bits per heavy atom. The second-order valence-corrected chi connectivity index (χ2v) is 8.30. The zero-order valence-electron chi connectivity index (χ0n) is 17.2. The van der Waals surface area contributed by atoms with Crippen LogP contribution in [-0.4, -0.2) is 35.4 Å². The fourth-order valence-corrected chi connectivity index (χ4v) is 4.22. The molecule has 2 aromatic rings. The molecule has 9 nitrogen and oxygen atoms in total. The summed E-state index contributed by atoms with van der Waals surface area (Å²) in [5.74, 6) is -2.31. The minimum Gasteiger partial charge on any atom is -0.481 e. The van der Waals surface area contributed by atoms with Gasteiger partial charge in [-0.2, -0.15) is 5.10 Å². The van der Waals surface area contributed by atoms with E-state index in [4.69, 9.17) is 9.47 Å². The number of nitrogens with one attached hydrogen (secondary N) is 2. The van der Waals surface area contributed by atoms with Crippen LogP contribution in [0.2, 0.25) is 0 Å². The van der Waals surface area contributed by atoms with Crippen molar-refractivity contribution >= 4 is 40.5 Å². The highest BCUT2D eigenvalue weighted by Gasteiger charge is 2.34. The summed E-state index contributed by atoms with van der Waals surface area (Å²) in [6.07, 6.45) is 4.24. The van der Waals surface area contributed by atoms with Crippen LogP contribution in [0.3, 0.4) is 0 Å². The van der Waals surface area contributed by atoms with Gasteiger partial charge in [-0.05, 0) is 37.3 Å². The lowest BCUT2D eigenvalue weighted by Crippen LogP contribution is -2.35. The lowest BCUT2D eigenvalue weighted by atomic mass is 9.82. The first-order valence-electron chi connectivity index (χ1n) is 9.95. The third kappa shape index (κ3) is 4.50. The Kier molecular flexibility index (Phi) is 6.22. The van der Waals surface area contributed by atoms with Gasteiger partial charge in [-0.15, -0.1) is 11.3 Å². The summed E-state index contributed by atoms with van der Waals surface area (Å²) in [5, 5.41) is 18.3. The SMILES string of the molecule is C/C(=N/NC(=O)c1cccs1)c1cc2c(cc1NC(=O)[C@@H]1CC=CC[C@@H]1C(=O)O)OCO2. The van der Waals surface area contributed by atoms with Crippen molar-refractivity contribution in [2.45, 2.75) is 19.8 Å². The molecule has 1 aromatic heterocycles. The molecule has 0 fully saturated rings. The molecule has 1 aliphatic carbocycles. The zero-order chi connectivity index (χ0) is 22.7. The molecule has 0 bridgehead atoms. The Labute approximate surface area is 187 Å². The number of amides is 2. The van der Waals surface area contributed by atoms with Gasteiger partial charge in [0.15, 0.2) is 11.5 Å². The van der Waals surface area contributed by atoms with E-state index in [0.717, 1.165) is 0 Å². The number of rotatable bonds is 6. The summed E-state index contributed by atoms with van der Waals surface area (Å²) in [5.41, 5.74) is 3.85. The van der Waals surface area contributed by atoms with Gasteiger partial charge in [0, 0.05) is 11.6 Å². The molecule has 166 valence electrons. The number of thiophene rings is 1. The van der Waals surface area contributed by atoms with Crippen molar-refractivity contribution in [2.75, 3.05) is 12.1 Å². The number of benzene rings is 1. The zero-order valence-corrected chi connectivity index (χ0v) is 18.0. The number of carboxylic acid groups (broad SMARTS) is 1. The standard InChI is InChI=1S/C22H21N3O6S/c1-12(24-25-21(27)19-7-4-8-32-19)15-9-17-18(31-11-30-17)10-16(15)23-20(26)13-5-2-3-6-14(13)22(28)29/h2-4,7-10,13-14H,5-6,11H2,1H3,(H,23,26)(H,25,27)(H,28,29)/b24-12-/t13-,14+/m1/s1. The van der Waals surface area contributed by atoms with Gasteiger partial charge in [-0.3, -0.25) is 14.4 Å². The maximum Gasteiger partial charge on any atom is 0.307 e. The van der Waals surface area contributed by atoms with Crippen LogP contribution in [0.5, 0.6) is 11.5 Å². The number of hydrogen-bond donors (Lipinski definition) is 3. The van der Waals surface area contributed by atoms with E-state index in [-0.39, 0.29) is 12.7 Å². The number of ether oxygens (including phenoxy) is 2. The molecule has 1 aliphatic heterocycles. The molecule has 0 radical (unpaired) electrons. The van der Waals surface area contributed by atoms with E-state index in [1.165, 1.54) is 11.3 Å². The number of hydrazone groups is 1. The van der Waals surface area contributed by atoms with Gasteiger partial charge < -0.3 is 19.9 Å². The molecule has 1 aromatic carbocycles. The predicted octanol–water partition coefficient (Wildman–Crippen LogP) is 3.24. The summed E-state index contributed by atoms with van der Waals surface area (Å²) in [6.45, 7) is 1.73. The van der Waals surface area contributed by atoms with Crippen LogP contribution in [0.15, 0.2) is 46.9 Å². The fraction of sp³-hybridized carbons (Fsp3) is 0.273. The van der Waals surface area contributed by atoms with Crippen molar-refractivity contribution in [2.24, 2.45) is 16.9 Å². The molecular weight excluding hydrogens is 434 g/mol. The number of hydrogen-bond acceptors (Lipinski definition) is 7. The minimum atomic E-state index is -1.01. The first-order chi connectivity index (χ1) is 15.4. The van der Waals surface area contributed by atoms with E-state index >= 15 is 0 Å². The molecule has 32 heavy (non-hydrogen) atoms. The average Bonchev–Trinajstić information content (AvgIpc) is 3.48. The Morgan fingerprint density at radius 1 is 1.12 bits per heavy atom. The second kappa shape index (κ2) is 9.23. The average molecular weight is 455 g/mol. The molecule has 0 saturated carbocycles. The third-order valence-corrected chi connectivity index (χ3v) is 6.19. The number of carbonyl (C=O) groups is 3. The number of nitrogens with zero attached hydrogens (tertiary/aromatic N) is 1. The topological polar surface area (TPSA) is 126 Å². The van der Waals surface area contributed by atoms with Crippen LogP contribution in [0.4, 0.5) is 5.69 Å². The highest BCUT2D eigenvalue weighted by atomic mass is 32.1. The molecule has 4 rings (SSSR count). The van der Waals surface area contributed by atoms with Crippen LogP contribution < -0.4 is 20.2 Å². The number of anilines is 1. The van der Waals surface area contributed by atoms with Gasteiger partial charge in [-0.1, -0.05) is 18.2 Å². The van der Waals surface area contributed by atoms with Gasteiger partial charge in [-0.25, -0.2) is 5.43 Å². The molecule has 3 N–H and O–H groups in total. The summed E-state index contributed by atoms with van der Waals surface area (Å²) in [6, 6.07) is 6.74. The predicted molar refractivity (Wildman–Crippen MR) is 118 cm³/mol. The molecular formula is C22H21N3O6S. The molecule has 2 aliphatic rings. The van der Waals surface area contributed by atoms with E-state index in [1.54, 1.807) is 42.6 Å². The van der Waals surface area contributed by atoms with Gasteiger partial charge in [0.2, 0.25) is 12.7 Å². The largest absolute Gasteiger partial charge is 0.481 e. The number of aliphatic carboxylic acids is 1. The monoisotopic (exact) mass is 455 g/mol. The molecule has 10 heteroatoms. The maximum absolute atomic E-state index is 13.0. The summed E-state index contributed by atoms with van der Waals surface area (Å²) < 4.78 is 10.9. The van der Waals surface area contributed by atoms with E-state index in [0.29, 0.717) is 46.2 Å². The highest BCUT2D eigenvalue weighted by molar-refractivity contribution is 7.12. The number of carbonyl (C=O) groups excluding carboxylic acids is 2. The molecule has 0 unspecified atom stereocenters. The summed E-state index contributed by atoms with van der Waals surface area (Å²) in [7, 11) is 0. The van der Waals surface area contributed by atoms with Crippen LogP contribution in [-0.2, 0) is 9.59 Å². The third-order valence-electron chi connectivity index (χ3n) is 5.32. The first-order valence-corrected chi connectivity index (χ1v) is 10.8. The lowest BCUT2D eigenvalue weighted by Gasteiger charge is -2.24. The molecule has 2 heterocycles. The highest BCUT2D eigenvalue weighted by Crippen LogP contribution is 2.38. The van der Waals surface area contributed by atoms with Crippen molar-refractivity contribution < 1.29 is 29.0 Å². The molecule has 0 saturated heterocycles. The van der Waals surface area contributed by atoms with Crippen molar-refractivity contribution in [3.05, 3.63) is 52.2 Å². The van der Waals surface area contributed by atoms with Crippen molar-refractivity contribution in [1.29, 1.82) is 0 Å². The molecule has 2 atom stereocenters. The quantitative estimate of drug-likeness (QED) is 0.349. The van der Waals surface area contributed by atoms with Gasteiger partial charge in [0.25, 0.3) is 5.91 Å². The van der Waals surface area contributed by atoms with Crippen LogP contribution in [0.25, 0.3) is 0 Å². The number of fused-ring (bicyclic) bond motifs is 1. The number of carboxylic acids is 1. The Morgan fingerprint density at radius 2 is 1.84 bits per heavy atom. The molecule has 0 spiro atoms. The smallest absolute Gasteiger partial charge is 0.307 e. The van der Waals surface area contributed by atoms with Crippen LogP contribution in [0.1, 0.15) is 35.0 Å². The summed E-state index contributed by atoms with van der Waals surface area (Å²) in [4.78, 5) is 37.3. The Balaban J connectivity index is 1.59. The van der Waals surface area contributed by atoms with E-state index in [9.17, 15) is 19.5 Å². The Bertz CT molecular complexity index is 1110. The second-order valence-electron chi connectivity index (χ2n) is 7.35. The van der Waals surface area contributed by atoms with Gasteiger partial charge in [0.1, 0.15) is 0 Å². The fourth-order valence-electron chi connectivity index (χ4n) is 3.60. The van der Waals surface area contributed by atoms with Crippen molar-refractivity contribution in [1.82, 2.24) is 5.43 Å². The van der Waals surface area contributed by atoms with Gasteiger partial charge in [0.05, 0.1) is 28.1 Å². The van der Waals surface area contributed by atoms with E-state index in [2.05, 4.69) is 15.8 Å². The lowest BCUT2D eigenvalue weighted by molar-refractivity contribution is -0.146. The first kappa shape index (κ1) is 21.6. The minimum absolute atomic E-state index is 0.0476. The van der Waals surface area contributed by atoms with E-state index in [1.807, 2.05) is 6.08 Å². The van der Waals surface area contributed by atoms with Gasteiger partial charge >= 0.3 is 5.97 Å². The molecule has 2 amide bonds. The van der Waals surface area contributed by atoms with Crippen molar-refractivity contribution in [3.63, 3.8) is 0 Å². The van der Waals surface area contributed by atoms with E-state index < -0.39 is 23.7 Å². The summed E-state index contributed by atoms with van der Waals surface area (Å²) >= 11 is 1.30. The maximum atomic E-state index is 13.0. The normalized spacial score (nSPS) is 19.5. The van der Waals surface area contributed by atoms with Crippen molar-refractivity contribution in [3.8, 4) is 11.5 Å².